The van der Waals surface area contributed by atoms with Crippen molar-refractivity contribution in [2.24, 2.45) is 0 Å². The molecule has 0 aliphatic rings. The zero-order chi connectivity index (χ0) is 13.3. The Kier molecular flexibility index (Phi) is 3.19. The molecule has 94 valence electrons. The van der Waals surface area contributed by atoms with E-state index in [4.69, 9.17) is 11.5 Å². The third-order valence-electron chi connectivity index (χ3n) is 2.07. The number of aromatic nitrogens is 2. The number of rotatable bonds is 2. The molecule has 18 heavy (non-hydrogen) atoms. The number of halogens is 2. The summed E-state index contributed by atoms with van der Waals surface area (Å²) in [4.78, 5) is 16.9. The summed E-state index contributed by atoms with van der Waals surface area (Å²) in [5, 5.41) is 0.0290. The Bertz CT molecular complexity index is 636. The van der Waals surface area contributed by atoms with E-state index in [9.17, 15) is 13.6 Å². The minimum atomic E-state index is -0.834. The molecule has 0 fully saturated rings. The SMILES string of the molecule is Nc1cc(F)c(Sc2nc[nH]c(=O)c2N)c(F)c1. The maximum atomic E-state index is 13.5. The van der Waals surface area contributed by atoms with Crippen molar-refractivity contribution in [2.75, 3.05) is 11.5 Å². The third kappa shape index (κ3) is 2.28. The minimum absolute atomic E-state index is 0.0267. The van der Waals surface area contributed by atoms with Crippen LogP contribution in [0.1, 0.15) is 0 Å². The van der Waals surface area contributed by atoms with E-state index in [1.165, 1.54) is 0 Å². The van der Waals surface area contributed by atoms with Crippen LogP contribution in [0.15, 0.2) is 33.2 Å². The molecule has 1 aromatic heterocycles. The second kappa shape index (κ2) is 4.65. The number of H-pyrrole nitrogens is 1. The normalized spacial score (nSPS) is 10.6. The maximum absolute atomic E-state index is 13.5. The van der Waals surface area contributed by atoms with E-state index in [0.717, 1.165) is 18.5 Å². The molecule has 1 heterocycles. The van der Waals surface area contributed by atoms with Gasteiger partial charge in [-0.25, -0.2) is 13.8 Å². The van der Waals surface area contributed by atoms with Crippen molar-refractivity contribution in [3.63, 3.8) is 0 Å². The van der Waals surface area contributed by atoms with Crippen LogP contribution in [0.4, 0.5) is 20.2 Å². The van der Waals surface area contributed by atoms with Crippen LogP contribution in [-0.4, -0.2) is 9.97 Å². The molecule has 0 spiro atoms. The highest BCUT2D eigenvalue weighted by molar-refractivity contribution is 7.99. The van der Waals surface area contributed by atoms with Gasteiger partial charge in [-0.15, -0.1) is 0 Å². The molecule has 0 saturated heterocycles. The first-order valence-electron chi connectivity index (χ1n) is 4.74. The van der Waals surface area contributed by atoms with E-state index in [1.54, 1.807) is 0 Å². The number of hydrogen-bond acceptors (Lipinski definition) is 5. The van der Waals surface area contributed by atoms with Gasteiger partial charge in [0.15, 0.2) is 0 Å². The van der Waals surface area contributed by atoms with Gasteiger partial charge in [0.1, 0.15) is 22.3 Å². The number of hydrogen-bond donors (Lipinski definition) is 3. The van der Waals surface area contributed by atoms with Crippen molar-refractivity contribution in [3.8, 4) is 0 Å². The Hall–Kier alpha value is -2.09. The Balaban J connectivity index is 2.47. The van der Waals surface area contributed by atoms with Gasteiger partial charge in [-0.05, 0) is 12.1 Å². The number of nitrogen functional groups attached to an aromatic ring is 2. The first kappa shape index (κ1) is 12.4. The molecule has 2 aromatic rings. The van der Waals surface area contributed by atoms with Crippen LogP contribution in [0.5, 0.6) is 0 Å². The van der Waals surface area contributed by atoms with Crippen LogP contribution in [-0.2, 0) is 0 Å². The fourth-order valence-electron chi connectivity index (χ4n) is 1.25. The van der Waals surface area contributed by atoms with Gasteiger partial charge in [0, 0.05) is 5.69 Å². The van der Waals surface area contributed by atoms with Crippen LogP contribution in [0.3, 0.4) is 0 Å². The van der Waals surface area contributed by atoms with Crippen molar-refractivity contribution in [1.82, 2.24) is 9.97 Å². The summed E-state index contributed by atoms with van der Waals surface area (Å²) < 4.78 is 27.1. The van der Waals surface area contributed by atoms with Crippen molar-refractivity contribution in [2.45, 2.75) is 9.92 Å². The van der Waals surface area contributed by atoms with Gasteiger partial charge in [0.05, 0.1) is 11.2 Å². The average molecular weight is 270 g/mol. The summed E-state index contributed by atoms with van der Waals surface area (Å²) >= 11 is 0.629. The van der Waals surface area contributed by atoms with Crippen LogP contribution < -0.4 is 17.0 Å². The lowest BCUT2D eigenvalue weighted by atomic mass is 10.3. The van der Waals surface area contributed by atoms with Crippen LogP contribution in [0.25, 0.3) is 0 Å². The van der Waals surface area contributed by atoms with Crippen LogP contribution in [0, 0.1) is 11.6 Å². The molecule has 0 unspecified atom stereocenters. The molecular formula is C10H8F2N4OS. The second-order valence-corrected chi connectivity index (χ2v) is 4.37. The Morgan fingerprint density at radius 2 is 1.83 bits per heavy atom. The van der Waals surface area contributed by atoms with Gasteiger partial charge < -0.3 is 16.5 Å². The Labute approximate surface area is 104 Å². The Morgan fingerprint density at radius 1 is 1.22 bits per heavy atom. The number of aromatic amines is 1. The molecule has 0 aliphatic carbocycles. The molecule has 0 amide bonds. The number of benzene rings is 1. The van der Waals surface area contributed by atoms with Crippen LogP contribution in [0.2, 0.25) is 0 Å². The van der Waals surface area contributed by atoms with Gasteiger partial charge in [0.25, 0.3) is 5.56 Å². The molecular weight excluding hydrogens is 262 g/mol. The van der Waals surface area contributed by atoms with Gasteiger partial charge in [-0.1, -0.05) is 11.8 Å². The summed E-state index contributed by atoms with van der Waals surface area (Å²) in [7, 11) is 0. The highest BCUT2D eigenvalue weighted by atomic mass is 32.2. The van der Waals surface area contributed by atoms with E-state index < -0.39 is 17.2 Å². The number of nitrogens with two attached hydrogens (primary N) is 2. The summed E-state index contributed by atoms with van der Waals surface area (Å²) in [6.45, 7) is 0. The molecule has 0 atom stereocenters. The van der Waals surface area contributed by atoms with Crippen molar-refractivity contribution < 1.29 is 8.78 Å². The molecule has 0 bridgehead atoms. The van der Waals surface area contributed by atoms with Gasteiger partial charge >= 0.3 is 0 Å². The van der Waals surface area contributed by atoms with E-state index in [2.05, 4.69) is 9.97 Å². The predicted molar refractivity (Wildman–Crippen MR) is 64.2 cm³/mol. The first-order valence-corrected chi connectivity index (χ1v) is 5.56. The van der Waals surface area contributed by atoms with E-state index in [0.29, 0.717) is 11.8 Å². The molecule has 0 saturated carbocycles. The zero-order valence-corrected chi connectivity index (χ0v) is 9.72. The maximum Gasteiger partial charge on any atom is 0.275 e. The average Bonchev–Trinajstić information content (AvgIpc) is 2.28. The van der Waals surface area contributed by atoms with Crippen LogP contribution >= 0.6 is 11.8 Å². The van der Waals surface area contributed by atoms with Crippen molar-refractivity contribution >= 4 is 23.1 Å². The van der Waals surface area contributed by atoms with Crippen molar-refractivity contribution in [1.29, 1.82) is 0 Å². The lowest BCUT2D eigenvalue weighted by Gasteiger charge is -2.06. The molecule has 0 aliphatic heterocycles. The summed E-state index contributed by atoms with van der Waals surface area (Å²) in [6.07, 6.45) is 1.11. The van der Waals surface area contributed by atoms with E-state index >= 15 is 0 Å². The molecule has 5 N–H and O–H groups in total. The topological polar surface area (TPSA) is 97.8 Å². The lowest BCUT2D eigenvalue weighted by molar-refractivity contribution is 0.541. The number of nitrogens with zero attached hydrogens (tertiary/aromatic N) is 1. The predicted octanol–water partition coefficient (Wildman–Crippen LogP) is 1.36. The monoisotopic (exact) mass is 270 g/mol. The lowest BCUT2D eigenvalue weighted by Crippen LogP contribution is -2.13. The third-order valence-corrected chi connectivity index (χ3v) is 3.18. The second-order valence-electron chi connectivity index (χ2n) is 3.37. The fourth-order valence-corrected chi connectivity index (χ4v) is 2.06. The summed E-state index contributed by atoms with van der Waals surface area (Å²) in [5.41, 5.74) is 9.97. The van der Waals surface area contributed by atoms with Crippen molar-refractivity contribution in [3.05, 3.63) is 40.4 Å². The van der Waals surface area contributed by atoms with Gasteiger partial charge in [-0.3, -0.25) is 4.79 Å². The summed E-state index contributed by atoms with van der Waals surface area (Å²) in [6, 6.07) is 1.96. The molecule has 2 rings (SSSR count). The minimum Gasteiger partial charge on any atom is -0.399 e. The first-order chi connectivity index (χ1) is 8.49. The standard InChI is InChI=1S/C10H8F2N4OS/c11-5-1-4(13)2-6(12)8(5)18-10-7(14)9(17)15-3-16-10/h1-3H,13-14H2,(H,15,16,17). The van der Waals surface area contributed by atoms with E-state index in [-0.39, 0.29) is 21.3 Å². The fraction of sp³-hybridized carbons (Fsp3) is 0. The molecule has 5 nitrogen and oxygen atoms in total. The highest BCUT2D eigenvalue weighted by Gasteiger charge is 2.15. The van der Waals surface area contributed by atoms with Gasteiger partial charge in [0.2, 0.25) is 0 Å². The number of nitrogens with one attached hydrogen (secondary N) is 1. The zero-order valence-electron chi connectivity index (χ0n) is 8.91. The smallest absolute Gasteiger partial charge is 0.275 e. The highest BCUT2D eigenvalue weighted by Crippen LogP contribution is 2.33. The quantitative estimate of drug-likeness (QED) is 0.565. The molecule has 1 aromatic carbocycles. The largest absolute Gasteiger partial charge is 0.399 e. The Morgan fingerprint density at radius 3 is 2.44 bits per heavy atom. The van der Waals surface area contributed by atoms with Gasteiger partial charge in [-0.2, -0.15) is 0 Å². The number of anilines is 2. The summed E-state index contributed by atoms with van der Waals surface area (Å²) in [5.74, 6) is -1.67. The molecule has 8 heteroatoms. The van der Waals surface area contributed by atoms with E-state index in [1.807, 2.05) is 0 Å². The molecule has 0 radical (unpaired) electrons.